The van der Waals surface area contributed by atoms with Crippen molar-refractivity contribution in [3.05, 3.63) is 66.2 Å². The van der Waals surface area contributed by atoms with Crippen molar-refractivity contribution >= 4 is 21.4 Å². The number of rotatable bonds is 6. The summed E-state index contributed by atoms with van der Waals surface area (Å²) in [6, 6.07) is 12.0. The van der Waals surface area contributed by atoms with Crippen molar-refractivity contribution in [1.29, 1.82) is 0 Å². The highest BCUT2D eigenvalue weighted by atomic mass is 32.2. The van der Waals surface area contributed by atoms with Gasteiger partial charge in [-0.25, -0.2) is 13.4 Å². The highest BCUT2D eigenvalue weighted by Gasteiger charge is 2.27. The maximum absolute atomic E-state index is 12.5. The zero-order valence-corrected chi connectivity index (χ0v) is 16.2. The van der Waals surface area contributed by atoms with Crippen molar-refractivity contribution in [2.75, 3.05) is 19.6 Å². The molecule has 0 radical (unpaired) electrons. The largest absolute Gasteiger partial charge is 0.352 e. The Labute approximate surface area is 164 Å². The Hall–Kier alpha value is -2.71. The molecule has 1 fully saturated rings. The van der Waals surface area contributed by atoms with Crippen LogP contribution in [0.5, 0.6) is 0 Å². The molecule has 4 rings (SSSR count). The predicted octanol–water partition coefficient (Wildman–Crippen LogP) is 2.09. The topological polar surface area (TPSA) is 83.8 Å². The number of pyridine rings is 1. The Morgan fingerprint density at radius 3 is 2.57 bits per heavy atom. The first kappa shape index (κ1) is 18.6. The summed E-state index contributed by atoms with van der Waals surface area (Å²) >= 11 is 0. The number of carbonyl (C=O) groups is 1. The third-order valence-electron chi connectivity index (χ3n) is 4.97. The number of sulfonamides is 1. The van der Waals surface area contributed by atoms with E-state index in [9.17, 15) is 13.2 Å². The third-order valence-corrected chi connectivity index (χ3v) is 6.88. The molecule has 7 nitrogen and oxygen atoms in total. The van der Waals surface area contributed by atoms with E-state index in [0.29, 0.717) is 31.6 Å². The average Bonchev–Trinajstić information content (AvgIpc) is 3.39. The molecule has 0 unspecified atom stereocenters. The standard InChI is InChI=1S/C20H22N4O3S/c25-20(21-11-10-19-22-15-17-5-1-2-14-24(17)19)16-6-8-18(9-7-16)28(26,27)23-12-3-4-13-23/h1-2,5-9,14-15H,3-4,10-13H2,(H,21,25). The van der Waals surface area contributed by atoms with Crippen LogP contribution >= 0.6 is 0 Å². The number of aromatic nitrogens is 2. The van der Waals surface area contributed by atoms with Crippen LogP contribution in [-0.4, -0.2) is 47.6 Å². The van der Waals surface area contributed by atoms with Crippen molar-refractivity contribution in [3.63, 3.8) is 0 Å². The van der Waals surface area contributed by atoms with Crippen LogP contribution in [-0.2, 0) is 16.4 Å². The monoisotopic (exact) mass is 398 g/mol. The first-order valence-electron chi connectivity index (χ1n) is 9.35. The first-order chi connectivity index (χ1) is 13.6. The summed E-state index contributed by atoms with van der Waals surface area (Å²) in [7, 11) is -3.46. The SMILES string of the molecule is O=C(NCCc1ncc2ccccn12)c1ccc(S(=O)(=O)N2CCCC2)cc1. The number of amides is 1. The number of nitrogens with one attached hydrogen (secondary N) is 1. The van der Waals surface area contributed by atoms with E-state index >= 15 is 0 Å². The van der Waals surface area contributed by atoms with Gasteiger partial charge in [-0.3, -0.25) is 4.79 Å². The Bertz CT molecular complexity index is 1080. The van der Waals surface area contributed by atoms with Crippen LogP contribution in [0.25, 0.3) is 5.52 Å². The summed E-state index contributed by atoms with van der Waals surface area (Å²) < 4.78 is 28.6. The van der Waals surface area contributed by atoms with Gasteiger partial charge in [0.1, 0.15) is 5.82 Å². The van der Waals surface area contributed by atoms with Gasteiger partial charge in [-0.05, 0) is 49.2 Å². The van der Waals surface area contributed by atoms with E-state index < -0.39 is 10.0 Å². The molecule has 3 aromatic rings. The van der Waals surface area contributed by atoms with Crippen LogP contribution in [0.2, 0.25) is 0 Å². The molecule has 146 valence electrons. The molecule has 28 heavy (non-hydrogen) atoms. The van der Waals surface area contributed by atoms with Crippen LogP contribution < -0.4 is 5.32 Å². The Morgan fingerprint density at radius 1 is 1.07 bits per heavy atom. The second-order valence-corrected chi connectivity index (χ2v) is 8.75. The van der Waals surface area contributed by atoms with Crippen LogP contribution in [0, 0.1) is 0 Å². The van der Waals surface area contributed by atoms with Gasteiger partial charge in [0.25, 0.3) is 5.91 Å². The molecule has 2 aromatic heterocycles. The van der Waals surface area contributed by atoms with E-state index in [-0.39, 0.29) is 10.8 Å². The number of carbonyl (C=O) groups excluding carboxylic acids is 1. The molecule has 1 saturated heterocycles. The van der Waals surface area contributed by atoms with Crippen LogP contribution in [0.3, 0.4) is 0 Å². The van der Waals surface area contributed by atoms with Gasteiger partial charge >= 0.3 is 0 Å². The molecule has 0 saturated carbocycles. The third kappa shape index (κ3) is 3.65. The molecule has 0 bridgehead atoms. The number of imidazole rings is 1. The number of hydrogen-bond donors (Lipinski definition) is 1. The summed E-state index contributed by atoms with van der Waals surface area (Å²) in [5.74, 6) is 0.647. The van der Waals surface area contributed by atoms with Gasteiger partial charge in [-0.1, -0.05) is 6.07 Å². The van der Waals surface area contributed by atoms with Gasteiger partial charge in [-0.15, -0.1) is 0 Å². The lowest BCUT2D eigenvalue weighted by molar-refractivity contribution is 0.0954. The Morgan fingerprint density at radius 2 is 1.82 bits per heavy atom. The number of fused-ring (bicyclic) bond motifs is 1. The first-order valence-corrected chi connectivity index (χ1v) is 10.8. The van der Waals surface area contributed by atoms with Gasteiger partial charge in [-0.2, -0.15) is 4.31 Å². The second-order valence-electron chi connectivity index (χ2n) is 6.81. The van der Waals surface area contributed by atoms with Crippen molar-refractivity contribution < 1.29 is 13.2 Å². The fourth-order valence-corrected chi connectivity index (χ4v) is 4.95. The van der Waals surface area contributed by atoms with Gasteiger partial charge in [0, 0.05) is 37.8 Å². The van der Waals surface area contributed by atoms with Crippen molar-refractivity contribution in [3.8, 4) is 0 Å². The minimum absolute atomic E-state index is 0.231. The number of nitrogens with zero attached hydrogens (tertiary/aromatic N) is 3. The quantitative estimate of drug-likeness (QED) is 0.689. The zero-order valence-electron chi connectivity index (χ0n) is 15.4. The molecule has 3 heterocycles. The smallest absolute Gasteiger partial charge is 0.251 e. The van der Waals surface area contributed by atoms with E-state index in [0.717, 1.165) is 24.2 Å². The number of hydrogen-bond acceptors (Lipinski definition) is 4. The molecule has 1 amide bonds. The fraction of sp³-hybridized carbons (Fsp3) is 0.300. The van der Waals surface area contributed by atoms with Gasteiger partial charge in [0.15, 0.2) is 0 Å². The van der Waals surface area contributed by atoms with Crippen molar-refractivity contribution in [2.45, 2.75) is 24.2 Å². The predicted molar refractivity (Wildman–Crippen MR) is 106 cm³/mol. The lowest BCUT2D eigenvalue weighted by Gasteiger charge is -2.15. The Kier molecular flexibility index (Phi) is 5.15. The molecule has 0 atom stereocenters. The molecule has 0 aliphatic carbocycles. The second kappa shape index (κ2) is 7.73. The lowest BCUT2D eigenvalue weighted by Crippen LogP contribution is -2.28. The summed E-state index contributed by atoms with van der Waals surface area (Å²) in [6.45, 7) is 1.57. The van der Waals surface area contributed by atoms with E-state index in [1.165, 1.54) is 16.4 Å². The van der Waals surface area contributed by atoms with Crippen molar-refractivity contribution in [1.82, 2.24) is 19.0 Å². The normalized spacial score (nSPS) is 15.1. The van der Waals surface area contributed by atoms with Crippen LogP contribution in [0.4, 0.5) is 0 Å². The molecule has 1 aliphatic rings. The summed E-state index contributed by atoms with van der Waals surface area (Å²) in [4.78, 5) is 17.0. The summed E-state index contributed by atoms with van der Waals surface area (Å²) in [5.41, 5.74) is 1.45. The molecular formula is C20H22N4O3S. The molecule has 1 N–H and O–H groups in total. The summed E-state index contributed by atoms with van der Waals surface area (Å²) in [6.07, 6.45) is 6.14. The molecule has 0 spiro atoms. The molecule has 1 aromatic carbocycles. The van der Waals surface area contributed by atoms with Gasteiger partial charge < -0.3 is 9.72 Å². The highest BCUT2D eigenvalue weighted by Crippen LogP contribution is 2.21. The zero-order chi connectivity index (χ0) is 19.6. The molecule has 1 aliphatic heterocycles. The van der Waals surface area contributed by atoms with Crippen LogP contribution in [0.1, 0.15) is 29.0 Å². The van der Waals surface area contributed by atoms with Gasteiger partial charge in [0.2, 0.25) is 10.0 Å². The molecule has 8 heteroatoms. The van der Waals surface area contributed by atoms with Crippen molar-refractivity contribution in [2.24, 2.45) is 0 Å². The molecular weight excluding hydrogens is 376 g/mol. The summed E-state index contributed by atoms with van der Waals surface area (Å²) in [5, 5.41) is 2.86. The lowest BCUT2D eigenvalue weighted by atomic mass is 10.2. The minimum atomic E-state index is -3.46. The average molecular weight is 398 g/mol. The van der Waals surface area contributed by atoms with E-state index in [1.807, 2.05) is 28.8 Å². The number of benzene rings is 1. The Balaban J connectivity index is 1.37. The maximum atomic E-state index is 12.5. The van der Waals surface area contributed by atoms with E-state index in [1.54, 1.807) is 18.3 Å². The minimum Gasteiger partial charge on any atom is -0.352 e. The van der Waals surface area contributed by atoms with Crippen LogP contribution in [0.15, 0.2) is 59.8 Å². The maximum Gasteiger partial charge on any atom is 0.251 e. The highest BCUT2D eigenvalue weighted by molar-refractivity contribution is 7.89. The fourth-order valence-electron chi connectivity index (χ4n) is 3.43. The van der Waals surface area contributed by atoms with Gasteiger partial charge in [0.05, 0.1) is 16.6 Å². The van der Waals surface area contributed by atoms with E-state index in [4.69, 9.17) is 0 Å². The van der Waals surface area contributed by atoms with E-state index in [2.05, 4.69) is 10.3 Å².